The third-order valence-electron chi connectivity index (χ3n) is 2.18. The quantitative estimate of drug-likeness (QED) is 0.359. The summed E-state index contributed by atoms with van der Waals surface area (Å²) in [5.41, 5.74) is 2.57. The van der Waals surface area contributed by atoms with E-state index in [9.17, 15) is 14.9 Å². The van der Waals surface area contributed by atoms with Crippen LogP contribution in [0.3, 0.4) is 0 Å². The monoisotopic (exact) mass is 248 g/mol. The van der Waals surface area contributed by atoms with E-state index in [4.69, 9.17) is 10.3 Å². The van der Waals surface area contributed by atoms with Crippen LogP contribution in [0.5, 0.6) is 0 Å². The largest absolute Gasteiger partial charge is 0.433 e. The molecule has 1 amide bonds. The molecule has 0 spiro atoms. The van der Waals surface area contributed by atoms with E-state index in [1.807, 2.05) is 5.43 Å². The fourth-order valence-electron chi connectivity index (χ4n) is 1.35. The Bertz CT molecular complexity index is 607. The van der Waals surface area contributed by atoms with Crippen LogP contribution in [0.2, 0.25) is 0 Å². The number of nitrogen functional groups attached to an aromatic ring is 1. The Hall–Kier alpha value is -2.74. The first kappa shape index (κ1) is 11.7. The van der Waals surface area contributed by atoms with Gasteiger partial charge >= 0.3 is 5.88 Å². The highest BCUT2D eigenvalue weighted by Gasteiger charge is 2.15. The molecule has 0 aliphatic carbocycles. The molecule has 0 unspecified atom stereocenters. The van der Waals surface area contributed by atoms with E-state index in [2.05, 4.69) is 4.98 Å². The summed E-state index contributed by atoms with van der Waals surface area (Å²) < 4.78 is 4.97. The number of furan rings is 1. The fraction of sp³-hybridized carbons (Fsp3) is 0. The number of hydrogen-bond donors (Lipinski definition) is 2. The summed E-state index contributed by atoms with van der Waals surface area (Å²) in [7, 11) is 0. The lowest BCUT2D eigenvalue weighted by Crippen LogP contribution is -2.29. The van der Waals surface area contributed by atoms with E-state index in [0.717, 1.165) is 0 Å². The van der Waals surface area contributed by atoms with Crippen molar-refractivity contribution in [1.82, 2.24) is 10.4 Å². The number of nitrogens with one attached hydrogen (secondary N) is 1. The number of carbonyl (C=O) groups excluding carboxylic acids is 1. The Morgan fingerprint density at radius 3 is 2.83 bits per heavy atom. The lowest BCUT2D eigenvalue weighted by Gasteiger charge is -2.00. The highest BCUT2D eigenvalue weighted by molar-refractivity contribution is 5.94. The van der Waals surface area contributed by atoms with Crippen LogP contribution in [0.25, 0.3) is 11.5 Å². The SMILES string of the molecule is NNC(=O)c1ccnc(-c2ccc([N+](=O)[O-])o2)c1. The summed E-state index contributed by atoms with van der Waals surface area (Å²) in [6.45, 7) is 0. The minimum atomic E-state index is -0.653. The van der Waals surface area contributed by atoms with Gasteiger partial charge in [0, 0.05) is 11.8 Å². The number of pyridine rings is 1. The number of hydrazine groups is 1. The number of aromatic nitrogens is 1. The second kappa shape index (κ2) is 4.63. The molecule has 2 rings (SSSR count). The van der Waals surface area contributed by atoms with Crippen molar-refractivity contribution in [1.29, 1.82) is 0 Å². The van der Waals surface area contributed by atoms with E-state index in [0.29, 0.717) is 5.69 Å². The average molecular weight is 248 g/mol. The first-order valence-corrected chi connectivity index (χ1v) is 4.83. The van der Waals surface area contributed by atoms with Gasteiger partial charge in [-0.15, -0.1) is 0 Å². The van der Waals surface area contributed by atoms with Gasteiger partial charge in [-0.3, -0.25) is 25.3 Å². The minimum absolute atomic E-state index is 0.202. The summed E-state index contributed by atoms with van der Waals surface area (Å²) in [6, 6.07) is 5.51. The van der Waals surface area contributed by atoms with E-state index in [1.165, 1.54) is 30.5 Å². The highest BCUT2D eigenvalue weighted by Crippen LogP contribution is 2.24. The predicted octanol–water partition coefficient (Wildman–Crippen LogP) is 0.853. The Morgan fingerprint density at radius 2 is 2.22 bits per heavy atom. The summed E-state index contributed by atoms with van der Waals surface area (Å²) in [4.78, 5) is 25.1. The molecular formula is C10H8N4O4. The Morgan fingerprint density at radius 1 is 1.44 bits per heavy atom. The van der Waals surface area contributed by atoms with Crippen molar-refractivity contribution in [2.75, 3.05) is 0 Å². The van der Waals surface area contributed by atoms with E-state index in [-0.39, 0.29) is 17.2 Å². The van der Waals surface area contributed by atoms with Crippen LogP contribution in [-0.4, -0.2) is 15.8 Å². The molecule has 0 radical (unpaired) electrons. The van der Waals surface area contributed by atoms with Gasteiger partial charge in [0.05, 0.1) is 6.07 Å². The fourth-order valence-corrected chi connectivity index (χ4v) is 1.35. The van der Waals surface area contributed by atoms with Crippen molar-refractivity contribution in [3.05, 3.63) is 46.1 Å². The van der Waals surface area contributed by atoms with Gasteiger partial charge in [0.25, 0.3) is 5.91 Å². The van der Waals surface area contributed by atoms with Crippen LogP contribution in [0.15, 0.2) is 34.9 Å². The van der Waals surface area contributed by atoms with Gasteiger partial charge in [-0.05, 0) is 18.2 Å². The molecule has 3 N–H and O–H groups in total. The molecule has 2 aromatic heterocycles. The molecule has 0 saturated carbocycles. The maximum absolute atomic E-state index is 11.3. The summed E-state index contributed by atoms with van der Waals surface area (Å²) in [5.74, 6) is 4.33. The van der Waals surface area contributed by atoms with Crippen molar-refractivity contribution in [3.63, 3.8) is 0 Å². The van der Waals surface area contributed by atoms with Crippen LogP contribution in [0, 0.1) is 10.1 Å². The highest BCUT2D eigenvalue weighted by atomic mass is 16.6. The zero-order valence-electron chi connectivity index (χ0n) is 8.99. The zero-order valence-corrected chi connectivity index (χ0v) is 8.99. The Balaban J connectivity index is 2.38. The normalized spacial score (nSPS) is 10.1. The van der Waals surface area contributed by atoms with Crippen molar-refractivity contribution >= 4 is 11.8 Å². The second-order valence-corrected chi connectivity index (χ2v) is 3.30. The summed E-state index contributed by atoms with van der Waals surface area (Å²) >= 11 is 0. The van der Waals surface area contributed by atoms with Crippen molar-refractivity contribution in [3.8, 4) is 11.5 Å². The first-order chi connectivity index (χ1) is 8.61. The molecule has 8 heteroatoms. The number of rotatable bonds is 3. The third kappa shape index (κ3) is 2.18. The van der Waals surface area contributed by atoms with Crippen LogP contribution in [0.4, 0.5) is 5.88 Å². The maximum Gasteiger partial charge on any atom is 0.433 e. The van der Waals surface area contributed by atoms with Gasteiger partial charge in [0.1, 0.15) is 10.6 Å². The van der Waals surface area contributed by atoms with Gasteiger partial charge in [-0.1, -0.05) is 0 Å². The Labute approximate surface area is 101 Å². The molecule has 8 nitrogen and oxygen atoms in total. The number of amides is 1. The molecular weight excluding hydrogens is 240 g/mol. The molecule has 0 fully saturated rings. The molecule has 92 valence electrons. The third-order valence-corrected chi connectivity index (χ3v) is 2.18. The lowest BCUT2D eigenvalue weighted by molar-refractivity contribution is -0.401. The maximum atomic E-state index is 11.3. The molecule has 0 aliphatic rings. The minimum Gasteiger partial charge on any atom is -0.399 e. The zero-order chi connectivity index (χ0) is 13.1. The second-order valence-electron chi connectivity index (χ2n) is 3.30. The topological polar surface area (TPSA) is 124 Å². The number of nitrogens with two attached hydrogens (primary N) is 1. The number of hydrogen-bond acceptors (Lipinski definition) is 6. The van der Waals surface area contributed by atoms with Crippen molar-refractivity contribution < 1.29 is 14.1 Å². The summed E-state index contributed by atoms with van der Waals surface area (Å²) in [5, 5.41) is 10.5. The number of nitro groups is 1. The molecule has 0 aliphatic heterocycles. The van der Waals surface area contributed by atoms with Gasteiger partial charge in [-0.2, -0.15) is 0 Å². The van der Waals surface area contributed by atoms with Gasteiger partial charge in [0.2, 0.25) is 0 Å². The molecule has 2 heterocycles. The Kier molecular flexibility index (Phi) is 3.02. The standard InChI is InChI=1S/C10H8N4O4/c11-13-10(15)6-3-4-12-7(5-6)8-1-2-9(18-8)14(16)17/h1-5H,11H2,(H,13,15). The predicted molar refractivity (Wildman–Crippen MR) is 60.2 cm³/mol. The first-order valence-electron chi connectivity index (χ1n) is 4.83. The average Bonchev–Trinajstić information content (AvgIpc) is 2.88. The van der Waals surface area contributed by atoms with E-state index in [1.54, 1.807) is 0 Å². The van der Waals surface area contributed by atoms with Gasteiger partial charge in [0.15, 0.2) is 5.76 Å². The number of nitrogens with zero attached hydrogens (tertiary/aromatic N) is 2. The molecule has 0 aromatic carbocycles. The van der Waals surface area contributed by atoms with Crippen LogP contribution >= 0.6 is 0 Å². The van der Waals surface area contributed by atoms with Gasteiger partial charge in [-0.25, -0.2) is 5.84 Å². The summed E-state index contributed by atoms with van der Waals surface area (Å²) in [6.07, 6.45) is 1.38. The molecule has 0 bridgehead atoms. The smallest absolute Gasteiger partial charge is 0.399 e. The van der Waals surface area contributed by atoms with Crippen LogP contribution < -0.4 is 11.3 Å². The molecule has 2 aromatic rings. The lowest BCUT2D eigenvalue weighted by atomic mass is 10.2. The van der Waals surface area contributed by atoms with Crippen molar-refractivity contribution in [2.45, 2.75) is 0 Å². The van der Waals surface area contributed by atoms with Gasteiger partial charge < -0.3 is 4.42 Å². The van der Waals surface area contributed by atoms with E-state index >= 15 is 0 Å². The number of carbonyl (C=O) groups is 1. The molecule has 0 saturated heterocycles. The van der Waals surface area contributed by atoms with E-state index < -0.39 is 10.8 Å². The van der Waals surface area contributed by atoms with Crippen molar-refractivity contribution in [2.24, 2.45) is 5.84 Å². The van der Waals surface area contributed by atoms with Crippen LogP contribution in [-0.2, 0) is 0 Å². The molecule has 0 atom stereocenters. The molecule has 18 heavy (non-hydrogen) atoms. The van der Waals surface area contributed by atoms with Crippen LogP contribution in [0.1, 0.15) is 10.4 Å².